The van der Waals surface area contributed by atoms with E-state index in [2.05, 4.69) is 5.32 Å². The van der Waals surface area contributed by atoms with Gasteiger partial charge in [-0.25, -0.2) is 0 Å². The van der Waals surface area contributed by atoms with Crippen molar-refractivity contribution in [2.45, 2.75) is 13.3 Å². The van der Waals surface area contributed by atoms with Crippen molar-refractivity contribution in [3.8, 4) is 0 Å². The summed E-state index contributed by atoms with van der Waals surface area (Å²) in [5.41, 5.74) is 2.57. The minimum absolute atomic E-state index is 0.138. The van der Waals surface area contributed by atoms with Crippen molar-refractivity contribution in [3.05, 3.63) is 77.9 Å². The normalized spacial score (nSPS) is 10.4. The van der Waals surface area contributed by atoms with Crippen molar-refractivity contribution >= 4 is 28.3 Å². The highest BCUT2D eigenvalue weighted by atomic mass is 16.5. The number of hydrogen-bond donors (Lipinski definition) is 1. The highest BCUT2D eigenvalue weighted by molar-refractivity contribution is 5.94. The highest BCUT2D eigenvalue weighted by Gasteiger charge is 2.11. The third kappa shape index (κ3) is 4.23. The van der Waals surface area contributed by atoms with E-state index in [4.69, 9.17) is 4.74 Å². The van der Waals surface area contributed by atoms with Crippen LogP contribution in [-0.2, 0) is 20.7 Å². The van der Waals surface area contributed by atoms with E-state index >= 15 is 0 Å². The van der Waals surface area contributed by atoms with Crippen LogP contribution in [-0.4, -0.2) is 18.5 Å². The molecule has 0 aliphatic heterocycles. The summed E-state index contributed by atoms with van der Waals surface area (Å²) < 4.78 is 5.12. The number of aryl methyl sites for hydroxylation is 1. The first-order valence-electron chi connectivity index (χ1n) is 8.11. The monoisotopic (exact) mass is 333 g/mol. The first kappa shape index (κ1) is 16.7. The molecule has 1 amide bonds. The van der Waals surface area contributed by atoms with Gasteiger partial charge >= 0.3 is 5.97 Å². The number of carbonyl (C=O) groups is 2. The Morgan fingerprint density at radius 1 is 0.920 bits per heavy atom. The average molecular weight is 333 g/mol. The molecule has 0 bridgehead atoms. The number of esters is 1. The van der Waals surface area contributed by atoms with Crippen LogP contribution in [0.25, 0.3) is 10.8 Å². The lowest BCUT2D eigenvalue weighted by Gasteiger charge is -2.09. The maximum absolute atomic E-state index is 12.1. The zero-order valence-electron chi connectivity index (χ0n) is 14.0. The number of carbonyl (C=O) groups excluding carboxylic acids is 2. The van der Waals surface area contributed by atoms with Gasteiger partial charge in [-0.2, -0.15) is 0 Å². The second-order valence-electron chi connectivity index (χ2n) is 5.84. The molecule has 4 nitrogen and oxygen atoms in total. The molecule has 25 heavy (non-hydrogen) atoms. The summed E-state index contributed by atoms with van der Waals surface area (Å²) in [6, 6.07) is 21.1. The van der Waals surface area contributed by atoms with E-state index in [1.54, 1.807) is 0 Å². The van der Waals surface area contributed by atoms with E-state index < -0.39 is 5.97 Å². The molecule has 0 saturated carbocycles. The minimum atomic E-state index is -0.420. The van der Waals surface area contributed by atoms with Gasteiger partial charge in [0.15, 0.2) is 6.61 Å². The molecule has 1 N–H and O–H groups in total. The molecule has 0 aromatic heterocycles. The molecule has 3 rings (SSSR count). The summed E-state index contributed by atoms with van der Waals surface area (Å²) in [6.45, 7) is 1.61. The molecule has 3 aromatic carbocycles. The number of nitrogens with one attached hydrogen (secondary N) is 1. The molecule has 0 heterocycles. The van der Waals surface area contributed by atoms with Crippen LogP contribution < -0.4 is 5.32 Å². The predicted octanol–water partition coefficient (Wildman–Crippen LogP) is 3.87. The Morgan fingerprint density at radius 3 is 2.48 bits per heavy atom. The van der Waals surface area contributed by atoms with Crippen molar-refractivity contribution in [1.29, 1.82) is 0 Å². The third-order valence-electron chi connectivity index (χ3n) is 4.00. The Morgan fingerprint density at radius 2 is 1.64 bits per heavy atom. The molecule has 0 spiro atoms. The molecule has 0 atom stereocenters. The summed E-state index contributed by atoms with van der Waals surface area (Å²) in [4.78, 5) is 24.0. The van der Waals surface area contributed by atoms with Crippen molar-refractivity contribution in [3.63, 3.8) is 0 Å². The highest BCUT2D eigenvalue weighted by Crippen LogP contribution is 2.19. The Kier molecular flexibility index (Phi) is 5.09. The van der Waals surface area contributed by atoms with Crippen LogP contribution in [0, 0.1) is 6.92 Å². The van der Waals surface area contributed by atoms with Gasteiger partial charge in [-0.1, -0.05) is 60.7 Å². The molecule has 4 heteroatoms. The molecule has 0 unspecified atom stereocenters. The van der Waals surface area contributed by atoms with Crippen molar-refractivity contribution < 1.29 is 14.3 Å². The van der Waals surface area contributed by atoms with E-state index in [-0.39, 0.29) is 18.9 Å². The van der Waals surface area contributed by atoms with E-state index in [1.807, 2.05) is 73.7 Å². The van der Waals surface area contributed by atoms with Crippen LogP contribution in [0.4, 0.5) is 5.69 Å². The van der Waals surface area contributed by atoms with Crippen LogP contribution in [0.5, 0.6) is 0 Å². The molecule has 0 radical (unpaired) electrons. The Bertz CT molecular complexity index is 912. The molecule has 126 valence electrons. The number of amides is 1. The molecular formula is C21H19NO3. The van der Waals surface area contributed by atoms with E-state index in [1.165, 1.54) is 0 Å². The first-order chi connectivity index (χ1) is 12.1. The molecule has 0 saturated heterocycles. The van der Waals surface area contributed by atoms with Crippen LogP contribution in [0.2, 0.25) is 0 Å². The Hall–Kier alpha value is -3.14. The van der Waals surface area contributed by atoms with Crippen molar-refractivity contribution in [2.75, 3.05) is 11.9 Å². The Balaban J connectivity index is 1.57. The largest absolute Gasteiger partial charge is 0.455 e. The number of anilines is 1. The maximum atomic E-state index is 12.1. The summed E-state index contributed by atoms with van der Waals surface area (Å²) >= 11 is 0. The lowest BCUT2D eigenvalue weighted by Crippen LogP contribution is -2.22. The fraction of sp³-hybridized carbons (Fsp3) is 0.143. The van der Waals surface area contributed by atoms with Gasteiger partial charge in [-0.15, -0.1) is 0 Å². The number of benzene rings is 3. The standard InChI is InChI=1S/C21H19NO3/c1-15-7-2-5-12-19(15)22-20(23)14-25-21(24)13-17-10-6-9-16-8-3-4-11-18(16)17/h2-12H,13-14H2,1H3,(H,22,23). The summed E-state index contributed by atoms with van der Waals surface area (Å²) in [5, 5.41) is 4.84. The zero-order valence-corrected chi connectivity index (χ0v) is 14.0. The summed E-state index contributed by atoms with van der Waals surface area (Å²) in [7, 11) is 0. The second-order valence-corrected chi connectivity index (χ2v) is 5.84. The van der Waals surface area contributed by atoms with Crippen LogP contribution in [0.1, 0.15) is 11.1 Å². The fourth-order valence-corrected chi connectivity index (χ4v) is 2.70. The number of ether oxygens (including phenoxy) is 1. The van der Waals surface area contributed by atoms with Gasteiger partial charge in [-0.05, 0) is 34.9 Å². The number of hydrogen-bond acceptors (Lipinski definition) is 3. The number of para-hydroxylation sites is 1. The third-order valence-corrected chi connectivity index (χ3v) is 4.00. The molecular weight excluding hydrogens is 314 g/mol. The lowest BCUT2D eigenvalue weighted by molar-refractivity contribution is -0.146. The SMILES string of the molecule is Cc1ccccc1NC(=O)COC(=O)Cc1cccc2ccccc12. The molecule has 3 aromatic rings. The summed E-state index contributed by atoms with van der Waals surface area (Å²) in [5.74, 6) is -0.767. The first-order valence-corrected chi connectivity index (χ1v) is 8.11. The maximum Gasteiger partial charge on any atom is 0.310 e. The van der Waals surface area contributed by atoms with Gasteiger partial charge in [0.2, 0.25) is 0 Å². The van der Waals surface area contributed by atoms with Crippen molar-refractivity contribution in [2.24, 2.45) is 0 Å². The molecule has 0 aliphatic carbocycles. The topological polar surface area (TPSA) is 55.4 Å². The Labute approximate surface area is 146 Å². The number of rotatable bonds is 5. The van der Waals surface area contributed by atoms with E-state index in [0.717, 1.165) is 27.6 Å². The van der Waals surface area contributed by atoms with Crippen molar-refractivity contribution in [1.82, 2.24) is 0 Å². The van der Waals surface area contributed by atoms with Gasteiger partial charge < -0.3 is 10.1 Å². The van der Waals surface area contributed by atoms with Gasteiger partial charge in [0, 0.05) is 5.69 Å². The van der Waals surface area contributed by atoms with Gasteiger partial charge in [-0.3, -0.25) is 9.59 Å². The van der Waals surface area contributed by atoms with Crippen LogP contribution >= 0.6 is 0 Å². The van der Waals surface area contributed by atoms with Gasteiger partial charge in [0.05, 0.1) is 6.42 Å². The lowest BCUT2D eigenvalue weighted by atomic mass is 10.0. The molecule has 0 aliphatic rings. The smallest absolute Gasteiger partial charge is 0.310 e. The van der Waals surface area contributed by atoms with Crippen LogP contribution in [0.3, 0.4) is 0 Å². The van der Waals surface area contributed by atoms with E-state index in [9.17, 15) is 9.59 Å². The quantitative estimate of drug-likeness (QED) is 0.721. The zero-order chi connectivity index (χ0) is 17.6. The number of fused-ring (bicyclic) bond motifs is 1. The average Bonchev–Trinajstić information content (AvgIpc) is 2.62. The van der Waals surface area contributed by atoms with Gasteiger partial charge in [0.1, 0.15) is 0 Å². The minimum Gasteiger partial charge on any atom is -0.455 e. The fourth-order valence-electron chi connectivity index (χ4n) is 2.70. The predicted molar refractivity (Wildman–Crippen MR) is 98.4 cm³/mol. The van der Waals surface area contributed by atoms with E-state index in [0.29, 0.717) is 0 Å². The van der Waals surface area contributed by atoms with Crippen LogP contribution in [0.15, 0.2) is 66.7 Å². The second kappa shape index (κ2) is 7.62. The van der Waals surface area contributed by atoms with Gasteiger partial charge in [0.25, 0.3) is 5.91 Å². The summed E-state index contributed by atoms with van der Waals surface area (Å²) in [6.07, 6.45) is 0.138. The molecule has 0 fully saturated rings.